The van der Waals surface area contributed by atoms with E-state index in [1.54, 1.807) is 0 Å². The van der Waals surface area contributed by atoms with E-state index >= 15 is 0 Å². The summed E-state index contributed by atoms with van der Waals surface area (Å²) in [5, 5.41) is 3.05. The maximum absolute atomic E-state index is 12.0. The molecule has 0 aliphatic carbocycles. The second kappa shape index (κ2) is 6.06. The van der Waals surface area contributed by atoms with Gasteiger partial charge in [-0.15, -0.1) is 0 Å². The predicted octanol–water partition coefficient (Wildman–Crippen LogP) is 2.06. The van der Waals surface area contributed by atoms with Gasteiger partial charge in [-0.3, -0.25) is 4.79 Å². The fourth-order valence-electron chi connectivity index (χ4n) is 2.41. The molecule has 1 amide bonds. The third-order valence-corrected chi connectivity index (χ3v) is 3.72. The Morgan fingerprint density at radius 1 is 1.47 bits per heavy atom. The van der Waals surface area contributed by atoms with Crippen LogP contribution in [0.2, 0.25) is 0 Å². The number of amides is 1. The first-order valence-electron chi connectivity index (χ1n) is 6.82. The van der Waals surface area contributed by atoms with Gasteiger partial charge in [0.2, 0.25) is 5.91 Å². The van der Waals surface area contributed by atoms with Crippen LogP contribution in [0.1, 0.15) is 38.2 Å². The summed E-state index contributed by atoms with van der Waals surface area (Å²) in [5.74, 6) is 0.282. The third kappa shape index (κ3) is 3.70. The number of benzene rings is 1. The molecule has 3 N–H and O–H groups in total. The second-order valence-electron chi connectivity index (χ2n) is 5.31. The van der Waals surface area contributed by atoms with Crippen molar-refractivity contribution >= 4 is 11.6 Å². The summed E-state index contributed by atoms with van der Waals surface area (Å²) < 4.78 is 5.44. The number of nitrogen functional groups attached to an aromatic ring is 1. The zero-order chi connectivity index (χ0) is 13.8. The molecule has 0 radical (unpaired) electrons. The standard InChI is InChI=1S/C15H22N2O2/c1-10(12-3-5-13(16)6-4-12)9-15(18)17-14-7-8-19-11(14)2/h3-6,10-11,14H,7-9,16H2,1-2H3,(H,17,18). The van der Waals surface area contributed by atoms with Crippen LogP contribution < -0.4 is 11.1 Å². The lowest BCUT2D eigenvalue weighted by Crippen LogP contribution is -2.39. The Bertz CT molecular complexity index is 430. The number of nitrogens with two attached hydrogens (primary N) is 1. The van der Waals surface area contributed by atoms with E-state index in [0.717, 1.165) is 24.3 Å². The fraction of sp³-hybridized carbons (Fsp3) is 0.533. The normalized spacial score (nSPS) is 24.1. The highest BCUT2D eigenvalue weighted by Gasteiger charge is 2.26. The molecule has 4 nitrogen and oxygen atoms in total. The van der Waals surface area contributed by atoms with E-state index in [-0.39, 0.29) is 24.0 Å². The van der Waals surface area contributed by atoms with E-state index in [9.17, 15) is 4.79 Å². The highest BCUT2D eigenvalue weighted by Crippen LogP contribution is 2.20. The summed E-state index contributed by atoms with van der Waals surface area (Å²) >= 11 is 0. The van der Waals surface area contributed by atoms with Crippen molar-refractivity contribution in [3.8, 4) is 0 Å². The van der Waals surface area contributed by atoms with Crippen LogP contribution >= 0.6 is 0 Å². The molecule has 1 heterocycles. The minimum atomic E-state index is 0.0895. The molecule has 104 valence electrons. The summed E-state index contributed by atoms with van der Waals surface area (Å²) in [6.45, 7) is 4.79. The lowest BCUT2D eigenvalue weighted by Gasteiger charge is -2.18. The van der Waals surface area contributed by atoms with Crippen molar-refractivity contribution in [1.82, 2.24) is 5.32 Å². The number of hydrogen-bond acceptors (Lipinski definition) is 3. The van der Waals surface area contributed by atoms with Crippen LogP contribution in [0.5, 0.6) is 0 Å². The Labute approximate surface area is 114 Å². The van der Waals surface area contributed by atoms with Crippen molar-refractivity contribution in [1.29, 1.82) is 0 Å². The molecule has 4 heteroatoms. The highest BCUT2D eigenvalue weighted by molar-refractivity contribution is 5.77. The smallest absolute Gasteiger partial charge is 0.220 e. The topological polar surface area (TPSA) is 64.3 Å². The first kappa shape index (κ1) is 13.9. The number of carbonyl (C=O) groups is 1. The van der Waals surface area contributed by atoms with Crippen LogP contribution in [-0.4, -0.2) is 24.7 Å². The van der Waals surface area contributed by atoms with Gasteiger partial charge in [-0.2, -0.15) is 0 Å². The summed E-state index contributed by atoms with van der Waals surface area (Å²) in [4.78, 5) is 12.0. The molecule has 1 aromatic rings. The molecule has 3 atom stereocenters. The number of anilines is 1. The Morgan fingerprint density at radius 3 is 2.74 bits per heavy atom. The second-order valence-corrected chi connectivity index (χ2v) is 5.31. The number of rotatable bonds is 4. The minimum absolute atomic E-state index is 0.0895. The van der Waals surface area contributed by atoms with Gasteiger partial charge in [-0.1, -0.05) is 19.1 Å². The van der Waals surface area contributed by atoms with Gasteiger partial charge in [-0.25, -0.2) is 0 Å². The summed E-state index contributed by atoms with van der Waals surface area (Å²) in [6.07, 6.45) is 1.52. The van der Waals surface area contributed by atoms with E-state index in [1.807, 2.05) is 31.2 Å². The quantitative estimate of drug-likeness (QED) is 0.816. The van der Waals surface area contributed by atoms with Gasteiger partial charge < -0.3 is 15.8 Å². The van der Waals surface area contributed by atoms with Crippen LogP contribution in [0.15, 0.2) is 24.3 Å². The first-order valence-corrected chi connectivity index (χ1v) is 6.82. The van der Waals surface area contributed by atoms with Crippen molar-refractivity contribution in [2.45, 2.75) is 44.8 Å². The molecule has 19 heavy (non-hydrogen) atoms. The summed E-state index contributed by atoms with van der Waals surface area (Å²) in [7, 11) is 0. The van der Waals surface area contributed by atoms with Gasteiger partial charge in [0.05, 0.1) is 12.1 Å². The Hall–Kier alpha value is -1.55. The van der Waals surface area contributed by atoms with Gasteiger partial charge in [0.15, 0.2) is 0 Å². The van der Waals surface area contributed by atoms with Gasteiger partial charge in [0, 0.05) is 18.7 Å². The van der Waals surface area contributed by atoms with E-state index in [0.29, 0.717) is 6.42 Å². The van der Waals surface area contributed by atoms with Crippen molar-refractivity contribution in [3.05, 3.63) is 29.8 Å². The average molecular weight is 262 g/mol. The molecule has 1 aliphatic heterocycles. The van der Waals surface area contributed by atoms with Crippen LogP contribution in [-0.2, 0) is 9.53 Å². The first-order chi connectivity index (χ1) is 9.06. The van der Waals surface area contributed by atoms with E-state index in [4.69, 9.17) is 10.5 Å². The Kier molecular flexibility index (Phi) is 4.43. The Balaban J connectivity index is 1.86. The molecule has 0 aromatic heterocycles. The zero-order valence-corrected chi connectivity index (χ0v) is 11.6. The minimum Gasteiger partial charge on any atom is -0.399 e. The molecular weight excluding hydrogens is 240 g/mol. The highest BCUT2D eigenvalue weighted by atomic mass is 16.5. The third-order valence-electron chi connectivity index (χ3n) is 3.72. The molecule has 0 saturated carbocycles. The van der Waals surface area contributed by atoms with E-state index < -0.39 is 0 Å². The van der Waals surface area contributed by atoms with Crippen molar-refractivity contribution in [2.24, 2.45) is 0 Å². The molecule has 1 aliphatic rings. The van der Waals surface area contributed by atoms with Crippen LogP contribution in [0, 0.1) is 0 Å². The van der Waals surface area contributed by atoms with Crippen molar-refractivity contribution in [2.75, 3.05) is 12.3 Å². The van der Waals surface area contributed by atoms with Gasteiger partial charge in [0.25, 0.3) is 0 Å². The van der Waals surface area contributed by atoms with E-state index in [1.165, 1.54) is 0 Å². The molecule has 2 rings (SSSR count). The van der Waals surface area contributed by atoms with Gasteiger partial charge >= 0.3 is 0 Å². The molecule has 0 spiro atoms. The van der Waals surface area contributed by atoms with Crippen molar-refractivity contribution in [3.63, 3.8) is 0 Å². The van der Waals surface area contributed by atoms with Crippen LogP contribution in [0.4, 0.5) is 5.69 Å². The maximum Gasteiger partial charge on any atom is 0.220 e. The van der Waals surface area contributed by atoms with Crippen LogP contribution in [0.3, 0.4) is 0 Å². The molecule has 1 fully saturated rings. The lowest BCUT2D eigenvalue weighted by molar-refractivity contribution is -0.122. The fourth-order valence-corrected chi connectivity index (χ4v) is 2.41. The SMILES string of the molecule is CC(CC(=O)NC1CCOC1C)c1ccc(N)cc1. The van der Waals surface area contributed by atoms with E-state index in [2.05, 4.69) is 12.2 Å². The Morgan fingerprint density at radius 2 is 2.16 bits per heavy atom. The number of ether oxygens (including phenoxy) is 1. The molecule has 0 bridgehead atoms. The average Bonchev–Trinajstić information content (AvgIpc) is 2.75. The van der Waals surface area contributed by atoms with Gasteiger partial charge in [0.1, 0.15) is 0 Å². The largest absolute Gasteiger partial charge is 0.399 e. The van der Waals surface area contributed by atoms with Crippen molar-refractivity contribution < 1.29 is 9.53 Å². The number of carbonyl (C=O) groups excluding carboxylic acids is 1. The molecule has 1 aromatic carbocycles. The molecular formula is C15H22N2O2. The maximum atomic E-state index is 12.0. The van der Waals surface area contributed by atoms with Gasteiger partial charge in [-0.05, 0) is 37.0 Å². The number of hydrogen-bond donors (Lipinski definition) is 2. The lowest BCUT2D eigenvalue weighted by atomic mass is 9.97. The monoisotopic (exact) mass is 262 g/mol. The van der Waals surface area contributed by atoms with Crippen LogP contribution in [0.25, 0.3) is 0 Å². The molecule has 3 unspecified atom stereocenters. The summed E-state index contributed by atoms with van der Waals surface area (Å²) in [6, 6.07) is 7.86. The summed E-state index contributed by atoms with van der Waals surface area (Å²) in [5.41, 5.74) is 7.55. The number of nitrogens with one attached hydrogen (secondary N) is 1. The predicted molar refractivity (Wildman–Crippen MR) is 75.8 cm³/mol. The molecule has 1 saturated heterocycles. The zero-order valence-electron chi connectivity index (χ0n) is 11.6.